The predicted molar refractivity (Wildman–Crippen MR) is 70.0 cm³/mol. The van der Waals surface area contributed by atoms with Crippen LogP contribution in [0, 0.1) is 0 Å². The van der Waals surface area contributed by atoms with Crippen LogP contribution >= 0.6 is 0 Å². The number of carbonyl (C=O) groups is 2. The first-order valence-corrected chi connectivity index (χ1v) is 5.91. The second-order valence-corrected chi connectivity index (χ2v) is 4.05. The fourth-order valence-corrected chi connectivity index (χ4v) is 1.87. The van der Waals surface area contributed by atoms with Crippen LogP contribution < -0.4 is 5.32 Å². The standard InChI is InChI=1S/C13H15N3O3/c1-19-6-5-14-12(18)8-16-7-10(9-17)11-3-2-4-15-13(11)16/h2-4,7,9H,5-6,8H2,1H3,(H,14,18). The summed E-state index contributed by atoms with van der Waals surface area (Å²) in [6.07, 6.45) is 4.04. The molecule has 2 rings (SSSR count). The van der Waals surface area contributed by atoms with Gasteiger partial charge in [0.1, 0.15) is 12.2 Å². The highest BCUT2D eigenvalue weighted by atomic mass is 16.5. The van der Waals surface area contributed by atoms with E-state index in [-0.39, 0.29) is 12.5 Å². The number of rotatable bonds is 6. The molecule has 0 saturated carbocycles. The fourth-order valence-electron chi connectivity index (χ4n) is 1.87. The molecule has 19 heavy (non-hydrogen) atoms. The monoisotopic (exact) mass is 261 g/mol. The van der Waals surface area contributed by atoms with E-state index < -0.39 is 0 Å². The molecule has 0 saturated heterocycles. The van der Waals surface area contributed by atoms with Crippen LogP contribution in [0.5, 0.6) is 0 Å². The predicted octanol–water partition coefficient (Wildman–Crippen LogP) is 0.611. The zero-order chi connectivity index (χ0) is 13.7. The summed E-state index contributed by atoms with van der Waals surface area (Å²) in [5, 5.41) is 3.48. The lowest BCUT2D eigenvalue weighted by molar-refractivity contribution is -0.121. The van der Waals surface area contributed by atoms with Gasteiger partial charge in [0.05, 0.1) is 6.61 Å². The Hall–Kier alpha value is -2.21. The third-order valence-electron chi connectivity index (χ3n) is 2.73. The van der Waals surface area contributed by atoms with Gasteiger partial charge in [0.15, 0.2) is 6.29 Å². The first-order chi connectivity index (χ1) is 9.26. The van der Waals surface area contributed by atoms with Gasteiger partial charge in [-0.3, -0.25) is 9.59 Å². The molecule has 2 aromatic heterocycles. The van der Waals surface area contributed by atoms with Gasteiger partial charge >= 0.3 is 0 Å². The first-order valence-electron chi connectivity index (χ1n) is 5.91. The highest BCUT2D eigenvalue weighted by Gasteiger charge is 2.11. The molecule has 0 aromatic carbocycles. The Labute approximate surface area is 110 Å². The lowest BCUT2D eigenvalue weighted by Crippen LogP contribution is -2.30. The van der Waals surface area contributed by atoms with E-state index in [1.165, 1.54) is 0 Å². The molecule has 0 bridgehead atoms. The summed E-state index contributed by atoms with van der Waals surface area (Å²) in [6.45, 7) is 1.06. The minimum Gasteiger partial charge on any atom is -0.383 e. The van der Waals surface area contributed by atoms with E-state index in [0.29, 0.717) is 24.4 Å². The Morgan fingerprint density at radius 2 is 2.42 bits per heavy atom. The maximum Gasteiger partial charge on any atom is 0.240 e. The van der Waals surface area contributed by atoms with Crippen molar-refractivity contribution in [2.75, 3.05) is 20.3 Å². The summed E-state index contributed by atoms with van der Waals surface area (Å²) in [6, 6.07) is 3.57. The van der Waals surface area contributed by atoms with Gasteiger partial charge in [0.25, 0.3) is 0 Å². The molecule has 0 aliphatic rings. The summed E-state index contributed by atoms with van der Waals surface area (Å²) < 4.78 is 6.52. The largest absolute Gasteiger partial charge is 0.383 e. The molecule has 0 unspecified atom stereocenters. The van der Waals surface area contributed by atoms with E-state index in [1.54, 1.807) is 30.1 Å². The van der Waals surface area contributed by atoms with E-state index in [4.69, 9.17) is 4.74 Å². The Morgan fingerprint density at radius 3 is 3.16 bits per heavy atom. The van der Waals surface area contributed by atoms with Gasteiger partial charge in [-0.15, -0.1) is 0 Å². The number of aromatic nitrogens is 2. The molecule has 100 valence electrons. The average Bonchev–Trinajstić information content (AvgIpc) is 2.77. The maximum absolute atomic E-state index is 11.7. The first kappa shape index (κ1) is 13.2. The molecular formula is C13H15N3O3. The number of nitrogens with one attached hydrogen (secondary N) is 1. The van der Waals surface area contributed by atoms with Gasteiger partial charge < -0.3 is 14.6 Å². The van der Waals surface area contributed by atoms with Crippen LogP contribution in [0.1, 0.15) is 10.4 Å². The summed E-state index contributed by atoms with van der Waals surface area (Å²) in [4.78, 5) is 26.9. The molecule has 2 aromatic rings. The van der Waals surface area contributed by atoms with Crippen molar-refractivity contribution in [1.82, 2.24) is 14.9 Å². The van der Waals surface area contributed by atoms with Crippen LogP contribution in [-0.2, 0) is 16.1 Å². The van der Waals surface area contributed by atoms with Crippen LogP contribution in [0.3, 0.4) is 0 Å². The number of methoxy groups -OCH3 is 1. The topological polar surface area (TPSA) is 73.2 Å². The molecule has 1 N–H and O–H groups in total. The van der Waals surface area contributed by atoms with Crippen molar-refractivity contribution in [2.24, 2.45) is 0 Å². The smallest absolute Gasteiger partial charge is 0.240 e. The fraction of sp³-hybridized carbons (Fsp3) is 0.308. The lowest BCUT2D eigenvalue weighted by Gasteiger charge is -2.06. The van der Waals surface area contributed by atoms with E-state index in [0.717, 1.165) is 11.7 Å². The van der Waals surface area contributed by atoms with Gasteiger partial charge in [-0.05, 0) is 12.1 Å². The number of nitrogens with zero attached hydrogens (tertiary/aromatic N) is 2. The molecule has 6 nitrogen and oxygen atoms in total. The minimum atomic E-state index is -0.142. The lowest BCUT2D eigenvalue weighted by atomic mass is 10.2. The summed E-state index contributed by atoms with van der Waals surface area (Å²) in [7, 11) is 1.58. The van der Waals surface area contributed by atoms with Crippen LogP contribution in [0.15, 0.2) is 24.5 Å². The molecule has 0 aliphatic carbocycles. The molecular weight excluding hydrogens is 246 g/mol. The second-order valence-electron chi connectivity index (χ2n) is 4.05. The normalized spacial score (nSPS) is 10.6. The molecule has 0 spiro atoms. The molecule has 0 atom stereocenters. The Morgan fingerprint density at radius 1 is 1.58 bits per heavy atom. The molecule has 1 amide bonds. The summed E-state index contributed by atoms with van der Waals surface area (Å²) in [5.41, 5.74) is 1.17. The summed E-state index contributed by atoms with van der Waals surface area (Å²) >= 11 is 0. The van der Waals surface area contributed by atoms with Gasteiger partial charge in [0.2, 0.25) is 5.91 Å². The Bertz CT molecular complexity index is 592. The number of hydrogen-bond acceptors (Lipinski definition) is 4. The van der Waals surface area contributed by atoms with Crippen molar-refractivity contribution >= 4 is 23.2 Å². The molecule has 0 aliphatic heterocycles. The van der Waals surface area contributed by atoms with E-state index in [1.807, 2.05) is 6.07 Å². The average molecular weight is 261 g/mol. The SMILES string of the molecule is COCCNC(=O)Cn1cc(C=O)c2cccnc21. The summed E-state index contributed by atoms with van der Waals surface area (Å²) in [5.74, 6) is -0.142. The van der Waals surface area contributed by atoms with Crippen LogP contribution in [0.25, 0.3) is 11.0 Å². The van der Waals surface area contributed by atoms with Crippen molar-refractivity contribution in [3.63, 3.8) is 0 Å². The Balaban J connectivity index is 2.16. The molecule has 2 heterocycles. The van der Waals surface area contributed by atoms with Crippen LogP contribution in [0.4, 0.5) is 0 Å². The highest BCUT2D eigenvalue weighted by molar-refractivity contribution is 5.96. The van der Waals surface area contributed by atoms with Crippen LogP contribution in [0.2, 0.25) is 0 Å². The number of fused-ring (bicyclic) bond motifs is 1. The number of hydrogen-bond donors (Lipinski definition) is 1. The number of pyridine rings is 1. The second kappa shape index (κ2) is 6.10. The van der Waals surface area contributed by atoms with Crippen molar-refractivity contribution < 1.29 is 14.3 Å². The van der Waals surface area contributed by atoms with Crippen molar-refractivity contribution in [1.29, 1.82) is 0 Å². The zero-order valence-electron chi connectivity index (χ0n) is 10.6. The van der Waals surface area contributed by atoms with Gasteiger partial charge in [-0.25, -0.2) is 4.98 Å². The van der Waals surface area contributed by atoms with E-state index in [2.05, 4.69) is 10.3 Å². The van der Waals surface area contributed by atoms with Crippen molar-refractivity contribution in [3.05, 3.63) is 30.1 Å². The number of aldehydes is 1. The van der Waals surface area contributed by atoms with E-state index in [9.17, 15) is 9.59 Å². The Kier molecular flexibility index (Phi) is 4.25. The molecule has 0 fully saturated rings. The van der Waals surface area contributed by atoms with Gasteiger partial charge in [0, 0.05) is 37.0 Å². The quantitative estimate of drug-likeness (QED) is 0.611. The van der Waals surface area contributed by atoms with Gasteiger partial charge in [-0.2, -0.15) is 0 Å². The third-order valence-corrected chi connectivity index (χ3v) is 2.73. The molecule has 0 radical (unpaired) electrons. The highest BCUT2D eigenvalue weighted by Crippen LogP contribution is 2.17. The van der Waals surface area contributed by atoms with Gasteiger partial charge in [-0.1, -0.05) is 0 Å². The number of amides is 1. The van der Waals surface area contributed by atoms with Crippen LogP contribution in [-0.4, -0.2) is 42.0 Å². The number of ether oxygens (including phenoxy) is 1. The maximum atomic E-state index is 11.7. The zero-order valence-corrected chi connectivity index (χ0v) is 10.6. The van der Waals surface area contributed by atoms with Crippen molar-refractivity contribution in [2.45, 2.75) is 6.54 Å². The van der Waals surface area contributed by atoms with Crippen molar-refractivity contribution in [3.8, 4) is 0 Å². The molecule has 6 heteroatoms. The third kappa shape index (κ3) is 2.97. The minimum absolute atomic E-state index is 0.130. The van der Waals surface area contributed by atoms with E-state index >= 15 is 0 Å². The number of carbonyl (C=O) groups excluding carboxylic acids is 2.